The highest BCUT2D eigenvalue weighted by Crippen LogP contribution is 2.29. The van der Waals surface area contributed by atoms with Crippen molar-refractivity contribution in [3.63, 3.8) is 0 Å². The van der Waals surface area contributed by atoms with Crippen molar-refractivity contribution in [1.82, 2.24) is 24.9 Å². The van der Waals surface area contributed by atoms with Crippen molar-refractivity contribution in [3.8, 4) is 0 Å². The van der Waals surface area contributed by atoms with Gasteiger partial charge in [-0.25, -0.2) is 4.79 Å². The molecule has 2 fully saturated rings. The Morgan fingerprint density at radius 3 is 2.64 bits per heavy atom. The molecule has 1 unspecified atom stereocenters. The van der Waals surface area contributed by atoms with Gasteiger partial charge in [0.1, 0.15) is 0 Å². The zero-order valence-corrected chi connectivity index (χ0v) is 17.3. The molecule has 0 radical (unpaired) electrons. The van der Waals surface area contributed by atoms with E-state index in [1.807, 2.05) is 23.6 Å². The number of rotatable bonds is 5. The number of urea groups is 1. The van der Waals surface area contributed by atoms with Gasteiger partial charge in [0.25, 0.3) is 6.47 Å². The zero-order chi connectivity index (χ0) is 20.7. The number of carbonyl (C=O) groups is 2. The summed E-state index contributed by atoms with van der Waals surface area (Å²) in [5.41, 5.74) is 3.31. The van der Waals surface area contributed by atoms with E-state index in [1.54, 1.807) is 0 Å². The molecule has 158 valence electrons. The Kier molecular flexibility index (Phi) is 8.25. The fourth-order valence-corrected chi connectivity index (χ4v) is 3.48. The third-order valence-corrected chi connectivity index (χ3v) is 5.32. The van der Waals surface area contributed by atoms with Gasteiger partial charge in [0.05, 0.1) is 25.5 Å². The minimum absolute atomic E-state index is 0.0389. The van der Waals surface area contributed by atoms with Crippen molar-refractivity contribution in [2.24, 2.45) is 13.0 Å². The molecule has 0 spiro atoms. The summed E-state index contributed by atoms with van der Waals surface area (Å²) in [5.74, 6) is 0.347. The summed E-state index contributed by atoms with van der Waals surface area (Å²) >= 11 is 0. The molecule has 1 saturated heterocycles. The molecule has 2 aliphatic rings. The van der Waals surface area contributed by atoms with Crippen LogP contribution in [0, 0.1) is 19.8 Å². The highest BCUT2D eigenvalue weighted by molar-refractivity contribution is 5.75. The van der Waals surface area contributed by atoms with Gasteiger partial charge in [-0.05, 0) is 33.7 Å². The molecule has 1 aromatic heterocycles. The minimum Gasteiger partial charge on any atom is -0.483 e. The molecule has 1 aliphatic carbocycles. The first-order valence-electron chi connectivity index (χ1n) is 9.75. The van der Waals surface area contributed by atoms with Crippen molar-refractivity contribution in [3.05, 3.63) is 17.0 Å². The summed E-state index contributed by atoms with van der Waals surface area (Å²) in [4.78, 5) is 25.4. The number of ether oxygens (including phenoxy) is 1. The van der Waals surface area contributed by atoms with E-state index >= 15 is 0 Å². The summed E-state index contributed by atoms with van der Waals surface area (Å²) in [7, 11) is 4.06. The Morgan fingerprint density at radius 2 is 2.07 bits per heavy atom. The van der Waals surface area contributed by atoms with Crippen molar-refractivity contribution >= 4 is 12.5 Å². The lowest BCUT2D eigenvalue weighted by molar-refractivity contribution is -0.122. The molecule has 9 heteroatoms. The average Bonchev–Trinajstić information content (AvgIpc) is 3.46. The van der Waals surface area contributed by atoms with Crippen LogP contribution in [0.5, 0.6) is 0 Å². The van der Waals surface area contributed by atoms with Crippen LogP contribution < -0.4 is 5.32 Å². The van der Waals surface area contributed by atoms with Gasteiger partial charge in [-0.1, -0.05) is 0 Å². The largest absolute Gasteiger partial charge is 0.483 e. The summed E-state index contributed by atoms with van der Waals surface area (Å²) < 4.78 is 7.54. The number of nitrogens with one attached hydrogen (secondary N) is 1. The Balaban J connectivity index is 0.000000878. The number of likely N-dealkylation sites (N-methyl/N-ethyl adjacent to an activating group) is 1. The monoisotopic (exact) mass is 395 g/mol. The highest BCUT2D eigenvalue weighted by atomic mass is 16.5. The third kappa shape index (κ3) is 6.20. The molecule has 2 N–H and O–H groups in total. The Hall–Kier alpha value is -2.13. The highest BCUT2D eigenvalue weighted by Gasteiger charge is 2.34. The van der Waals surface area contributed by atoms with E-state index in [1.165, 1.54) is 5.56 Å². The summed E-state index contributed by atoms with van der Waals surface area (Å²) in [6.07, 6.45) is 2.20. The second kappa shape index (κ2) is 10.4. The minimum atomic E-state index is -0.250. The van der Waals surface area contributed by atoms with Crippen molar-refractivity contribution in [1.29, 1.82) is 0 Å². The maximum absolute atomic E-state index is 12.8. The molecule has 0 bridgehead atoms. The van der Waals surface area contributed by atoms with Gasteiger partial charge >= 0.3 is 6.03 Å². The normalized spacial score (nSPS) is 19.9. The van der Waals surface area contributed by atoms with Crippen LogP contribution in [-0.2, 0) is 23.1 Å². The fraction of sp³-hybridized carbons (Fsp3) is 0.737. The van der Waals surface area contributed by atoms with Gasteiger partial charge in [-0.3, -0.25) is 9.48 Å². The quantitative estimate of drug-likeness (QED) is 0.722. The number of hydrogen-bond donors (Lipinski definition) is 2. The summed E-state index contributed by atoms with van der Waals surface area (Å²) in [6.45, 7) is 8.55. The number of carbonyl (C=O) groups excluding carboxylic acids is 1. The van der Waals surface area contributed by atoms with E-state index in [0.717, 1.165) is 50.5 Å². The first kappa shape index (κ1) is 22.2. The van der Waals surface area contributed by atoms with E-state index in [0.29, 0.717) is 25.0 Å². The SMILES string of the molecule is Cc1nn(C)c(C)c1CN(C(=O)NCC1COCCN(C)C1)C1CC1.O=CO. The van der Waals surface area contributed by atoms with E-state index in [4.69, 9.17) is 14.6 Å². The van der Waals surface area contributed by atoms with Crippen LogP contribution in [0.1, 0.15) is 29.8 Å². The van der Waals surface area contributed by atoms with Gasteiger partial charge in [-0.2, -0.15) is 5.10 Å². The van der Waals surface area contributed by atoms with Crippen LogP contribution in [0.25, 0.3) is 0 Å². The maximum atomic E-state index is 12.8. The molecule has 1 saturated carbocycles. The average molecular weight is 396 g/mol. The summed E-state index contributed by atoms with van der Waals surface area (Å²) in [5, 5.41) is 14.5. The first-order chi connectivity index (χ1) is 13.4. The van der Waals surface area contributed by atoms with Gasteiger partial charge in [0.15, 0.2) is 0 Å². The number of hydrogen-bond acceptors (Lipinski definition) is 5. The second-order valence-electron chi connectivity index (χ2n) is 7.63. The predicted molar refractivity (Wildman–Crippen MR) is 105 cm³/mol. The lowest BCUT2D eigenvalue weighted by Crippen LogP contribution is -2.44. The number of aromatic nitrogens is 2. The third-order valence-electron chi connectivity index (χ3n) is 5.32. The molecule has 2 amide bonds. The molecule has 28 heavy (non-hydrogen) atoms. The van der Waals surface area contributed by atoms with Crippen LogP contribution >= 0.6 is 0 Å². The molecule has 9 nitrogen and oxygen atoms in total. The van der Waals surface area contributed by atoms with E-state index < -0.39 is 0 Å². The number of amides is 2. The van der Waals surface area contributed by atoms with Crippen molar-refractivity contribution in [2.45, 2.75) is 39.3 Å². The molecule has 1 atom stereocenters. The second-order valence-corrected chi connectivity index (χ2v) is 7.63. The van der Waals surface area contributed by atoms with E-state index in [2.05, 4.69) is 29.3 Å². The zero-order valence-electron chi connectivity index (χ0n) is 17.3. The standard InChI is InChI=1S/C18H31N5O2.CH2O2/c1-13-17(14(2)22(4)20-13)11-23(16-5-6-16)18(24)19-9-15-10-21(3)7-8-25-12-15;2-1-3/h15-16H,5-12H2,1-4H3,(H,19,24);1H,(H,2,3). The smallest absolute Gasteiger partial charge is 0.317 e. The molecular weight excluding hydrogens is 362 g/mol. The van der Waals surface area contributed by atoms with E-state index in [9.17, 15) is 4.79 Å². The summed E-state index contributed by atoms with van der Waals surface area (Å²) in [6, 6.07) is 0.407. The van der Waals surface area contributed by atoms with Crippen molar-refractivity contribution in [2.75, 3.05) is 39.9 Å². The lowest BCUT2D eigenvalue weighted by Gasteiger charge is -2.25. The Labute approximate surface area is 166 Å². The van der Waals surface area contributed by atoms with E-state index in [-0.39, 0.29) is 12.5 Å². The maximum Gasteiger partial charge on any atom is 0.317 e. The number of carboxylic acid groups (broad SMARTS) is 1. The van der Waals surface area contributed by atoms with Crippen LogP contribution in [-0.4, -0.2) is 83.1 Å². The van der Waals surface area contributed by atoms with Crippen molar-refractivity contribution < 1.29 is 19.4 Å². The Bertz CT molecular complexity index is 659. The molecular formula is C19H33N5O4. The van der Waals surface area contributed by atoms with Crippen LogP contribution in [0.2, 0.25) is 0 Å². The lowest BCUT2D eigenvalue weighted by atomic mass is 10.1. The molecule has 0 aromatic carbocycles. The number of aryl methyl sites for hydroxylation is 2. The van der Waals surface area contributed by atoms with Crippen LogP contribution in [0.15, 0.2) is 0 Å². The van der Waals surface area contributed by atoms with Crippen LogP contribution in [0.4, 0.5) is 4.79 Å². The predicted octanol–water partition coefficient (Wildman–Crippen LogP) is 0.990. The number of nitrogens with zero attached hydrogens (tertiary/aromatic N) is 4. The topological polar surface area (TPSA) is 99.9 Å². The Morgan fingerprint density at radius 1 is 1.39 bits per heavy atom. The molecule has 2 heterocycles. The molecule has 1 aromatic rings. The van der Waals surface area contributed by atoms with Crippen LogP contribution in [0.3, 0.4) is 0 Å². The molecule has 3 rings (SSSR count). The van der Waals surface area contributed by atoms with Gasteiger partial charge in [-0.15, -0.1) is 0 Å². The first-order valence-corrected chi connectivity index (χ1v) is 9.75. The molecule has 1 aliphatic heterocycles. The van der Waals surface area contributed by atoms with Gasteiger partial charge in [0.2, 0.25) is 0 Å². The van der Waals surface area contributed by atoms with Gasteiger partial charge in [0, 0.05) is 49.9 Å². The fourth-order valence-electron chi connectivity index (χ4n) is 3.48. The van der Waals surface area contributed by atoms with Gasteiger partial charge < -0.3 is 25.0 Å².